The summed E-state index contributed by atoms with van der Waals surface area (Å²) in [7, 11) is 0. The summed E-state index contributed by atoms with van der Waals surface area (Å²) in [4.78, 5) is 4.96. The Morgan fingerprint density at radius 2 is 1.52 bits per heavy atom. The van der Waals surface area contributed by atoms with E-state index in [4.69, 9.17) is 9.72 Å². The minimum atomic E-state index is -2.41. The quantitative estimate of drug-likeness (QED) is 0.340. The molecule has 0 amide bonds. The van der Waals surface area contributed by atoms with Crippen LogP contribution in [0.1, 0.15) is 85.0 Å². The molecule has 2 rings (SSSR count). The molecule has 1 aromatic rings. The van der Waals surface area contributed by atoms with Gasteiger partial charge in [-0.05, 0) is 0 Å². The van der Waals surface area contributed by atoms with Gasteiger partial charge in [0, 0.05) is 0 Å². The van der Waals surface area contributed by atoms with Gasteiger partial charge in [0.05, 0.1) is 0 Å². The topological polar surface area (TPSA) is 22.1 Å². The van der Waals surface area contributed by atoms with Crippen molar-refractivity contribution in [2.45, 2.75) is 104 Å². The van der Waals surface area contributed by atoms with Crippen LogP contribution in [0.5, 0.6) is 5.75 Å². The summed E-state index contributed by atoms with van der Waals surface area (Å²) in [6.45, 7) is 7.01. The van der Waals surface area contributed by atoms with Crippen LogP contribution in [0, 0.1) is 0 Å². The van der Waals surface area contributed by atoms with Gasteiger partial charge in [-0.3, -0.25) is 0 Å². The molecule has 1 fully saturated rings. The second kappa shape index (κ2) is 11.5. The molecule has 1 aromatic heterocycles. The Morgan fingerprint density at radius 3 is 2.04 bits per heavy atom. The minimum absolute atomic E-state index is 0.446. The standard InChI is InChI=1S/C10H12NO.3C4H9.Sn/c1-2-4-9(3-1)12-10-5-7-11-8-6-10;3*1-3-4-2;/h5-7,9H,1-4H2;3*1,3-4H2,2H3;. The zero-order valence-corrected chi connectivity index (χ0v) is 19.7. The fourth-order valence-corrected chi connectivity index (χ4v) is 19.7. The molecule has 1 saturated carbocycles. The number of unbranched alkanes of at least 4 members (excludes halogenated alkanes) is 3. The Balaban J connectivity index is 2.22. The van der Waals surface area contributed by atoms with E-state index in [9.17, 15) is 0 Å². The molecule has 0 N–H and O–H groups in total. The first-order valence-electron chi connectivity index (χ1n) is 10.9. The molecule has 0 saturated heterocycles. The van der Waals surface area contributed by atoms with Gasteiger partial charge in [0.25, 0.3) is 0 Å². The molecule has 1 aliphatic rings. The zero-order valence-electron chi connectivity index (χ0n) is 16.9. The van der Waals surface area contributed by atoms with Gasteiger partial charge >= 0.3 is 160 Å². The summed E-state index contributed by atoms with van der Waals surface area (Å²) in [6.07, 6.45) is 15.7. The van der Waals surface area contributed by atoms with Crippen LogP contribution in [0.15, 0.2) is 18.3 Å². The van der Waals surface area contributed by atoms with Crippen LogP contribution in [-0.2, 0) is 0 Å². The average molecular weight is 452 g/mol. The number of rotatable bonds is 12. The maximum atomic E-state index is 6.32. The third-order valence-electron chi connectivity index (χ3n) is 5.91. The van der Waals surface area contributed by atoms with E-state index < -0.39 is 18.4 Å². The molecule has 0 unspecified atom stereocenters. The molecule has 0 aliphatic heterocycles. The molecule has 3 heteroatoms. The predicted octanol–water partition coefficient (Wildman–Crippen LogP) is 6.46. The number of pyridine rings is 1. The van der Waals surface area contributed by atoms with E-state index in [2.05, 4.69) is 32.9 Å². The van der Waals surface area contributed by atoms with Gasteiger partial charge in [-0.15, -0.1) is 0 Å². The first kappa shape index (κ1) is 21.1. The van der Waals surface area contributed by atoms with E-state index in [1.165, 1.54) is 81.2 Å². The van der Waals surface area contributed by atoms with Crippen molar-refractivity contribution in [3.05, 3.63) is 18.3 Å². The third-order valence-corrected chi connectivity index (χ3v) is 21.0. The molecule has 0 aromatic carbocycles. The zero-order chi connectivity index (χ0) is 18.0. The Hall–Kier alpha value is -0.251. The Labute approximate surface area is 160 Å². The van der Waals surface area contributed by atoms with Crippen molar-refractivity contribution < 1.29 is 4.74 Å². The van der Waals surface area contributed by atoms with E-state index in [1.54, 1.807) is 0 Å². The molecular formula is C22H39NOSn. The first-order chi connectivity index (χ1) is 12.2. The second-order valence-corrected chi connectivity index (χ2v) is 21.0. The molecular weight excluding hydrogens is 413 g/mol. The van der Waals surface area contributed by atoms with Gasteiger partial charge in [-0.2, -0.15) is 0 Å². The SMILES string of the molecule is CCC[CH2][Sn]([CH2]CCC)([CH2]CCC)[c]1cc(OC2CCCC2)ccn1. The van der Waals surface area contributed by atoms with Crippen LogP contribution in [0.25, 0.3) is 0 Å². The van der Waals surface area contributed by atoms with Crippen molar-refractivity contribution >= 4 is 22.1 Å². The monoisotopic (exact) mass is 453 g/mol. The van der Waals surface area contributed by atoms with Gasteiger partial charge in [0.15, 0.2) is 0 Å². The summed E-state index contributed by atoms with van der Waals surface area (Å²) in [6, 6.07) is 4.47. The van der Waals surface area contributed by atoms with Crippen molar-refractivity contribution in [2.75, 3.05) is 0 Å². The average Bonchev–Trinajstić information content (AvgIpc) is 3.15. The van der Waals surface area contributed by atoms with Crippen molar-refractivity contribution in [1.29, 1.82) is 0 Å². The molecule has 0 radical (unpaired) electrons. The van der Waals surface area contributed by atoms with Gasteiger partial charge < -0.3 is 0 Å². The van der Waals surface area contributed by atoms with Crippen molar-refractivity contribution in [2.24, 2.45) is 0 Å². The number of hydrogen-bond donors (Lipinski definition) is 0. The van der Waals surface area contributed by atoms with Gasteiger partial charge in [-0.25, -0.2) is 0 Å². The van der Waals surface area contributed by atoms with Crippen LogP contribution < -0.4 is 8.45 Å². The number of hydrogen-bond acceptors (Lipinski definition) is 2. The molecule has 25 heavy (non-hydrogen) atoms. The Morgan fingerprint density at radius 1 is 0.960 bits per heavy atom. The molecule has 142 valence electrons. The van der Waals surface area contributed by atoms with E-state index in [0.29, 0.717) is 6.10 Å². The van der Waals surface area contributed by atoms with Gasteiger partial charge in [0.1, 0.15) is 0 Å². The van der Waals surface area contributed by atoms with Crippen LogP contribution in [-0.4, -0.2) is 29.5 Å². The summed E-state index contributed by atoms with van der Waals surface area (Å²) in [5.41, 5.74) is 0. The predicted molar refractivity (Wildman–Crippen MR) is 112 cm³/mol. The molecule has 0 atom stereocenters. The number of nitrogens with zero attached hydrogens (tertiary/aromatic N) is 1. The molecule has 0 spiro atoms. The fraction of sp³-hybridized carbons (Fsp3) is 0.773. The van der Waals surface area contributed by atoms with Crippen LogP contribution in [0.2, 0.25) is 13.3 Å². The normalized spacial score (nSPS) is 15.6. The molecule has 2 nitrogen and oxygen atoms in total. The molecule has 1 heterocycles. The summed E-state index contributed by atoms with van der Waals surface area (Å²) in [5.74, 6) is 1.10. The number of aromatic nitrogens is 1. The fourth-order valence-electron chi connectivity index (χ4n) is 4.28. The van der Waals surface area contributed by atoms with Crippen molar-refractivity contribution in [3.8, 4) is 5.75 Å². The summed E-state index contributed by atoms with van der Waals surface area (Å²) in [5, 5.41) is 0. The summed E-state index contributed by atoms with van der Waals surface area (Å²) >= 11 is -2.41. The second-order valence-electron chi connectivity index (χ2n) is 7.99. The molecule has 0 bridgehead atoms. The van der Waals surface area contributed by atoms with Crippen LogP contribution >= 0.6 is 0 Å². The van der Waals surface area contributed by atoms with E-state index in [0.717, 1.165) is 5.75 Å². The van der Waals surface area contributed by atoms with Gasteiger partial charge in [0.2, 0.25) is 0 Å². The first-order valence-corrected chi connectivity index (χ1v) is 18.4. The van der Waals surface area contributed by atoms with Crippen LogP contribution in [0.4, 0.5) is 0 Å². The molecule has 1 aliphatic carbocycles. The van der Waals surface area contributed by atoms with Crippen LogP contribution in [0.3, 0.4) is 0 Å². The van der Waals surface area contributed by atoms with Crippen molar-refractivity contribution in [3.63, 3.8) is 0 Å². The van der Waals surface area contributed by atoms with Crippen molar-refractivity contribution in [1.82, 2.24) is 4.98 Å². The van der Waals surface area contributed by atoms with E-state index >= 15 is 0 Å². The van der Waals surface area contributed by atoms with Gasteiger partial charge in [-0.1, -0.05) is 0 Å². The number of ether oxygens (including phenoxy) is 1. The maximum absolute atomic E-state index is 6.32. The Kier molecular flexibility index (Phi) is 9.65. The summed E-state index contributed by atoms with van der Waals surface area (Å²) < 4.78 is 12.3. The third kappa shape index (κ3) is 6.44. The van der Waals surface area contributed by atoms with E-state index in [-0.39, 0.29) is 0 Å². The van der Waals surface area contributed by atoms with E-state index in [1.807, 2.05) is 6.20 Å². The Bertz CT molecular complexity index is 463.